The van der Waals surface area contributed by atoms with Crippen molar-refractivity contribution >= 4 is 22.7 Å². The fourth-order valence-electron chi connectivity index (χ4n) is 3.02. The first-order valence-corrected chi connectivity index (χ1v) is 11.2. The normalized spacial score (nSPS) is 15.2. The Morgan fingerprint density at radius 3 is 1.76 bits per heavy atom. The van der Waals surface area contributed by atoms with E-state index in [2.05, 4.69) is 20.5 Å². The van der Waals surface area contributed by atoms with Gasteiger partial charge in [0.15, 0.2) is 6.79 Å². The van der Waals surface area contributed by atoms with E-state index in [1.807, 2.05) is 81.4 Å². The van der Waals surface area contributed by atoms with Crippen molar-refractivity contribution in [3.8, 4) is 11.5 Å². The van der Waals surface area contributed by atoms with Gasteiger partial charge >= 0.3 is 0 Å². The number of rotatable bonds is 11. The summed E-state index contributed by atoms with van der Waals surface area (Å²) in [6.07, 6.45) is 0.234. The molecule has 0 radical (unpaired) electrons. The fraction of sp³-hybridized carbons (Fsp3) is 0.308. The van der Waals surface area contributed by atoms with E-state index in [9.17, 15) is 0 Å². The molecule has 34 heavy (non-hydrogen) atoms. The summed E-state index contributed by atoms with van der Waals surface area (Å²) in [5, 5.41) is 17.4. The standard InChI is InChI=1S/C26H28N4O4/c1-4-31-17-34-23-10-12-26(19(3)14-23)30-28-21-7-5-20(6-8-21)27-29-25-11-9-22(13-18(25)2)32-15-24-16-33-24/h5-14,24H,4,15-17H2,1-3H3. The van der Waals surface area contributed by atoms with Gasteiger partial charge in [0.05, 0.1) is 29.4 Å². The second-order valence-electron chi connectivity index (χ2n) is 7.83. The van der Waals surface area contributed by atoms with Gasteiger partial charge in [-0.1, -0.05) is 0 Å². The summed E-state index contributed by atoms with van der Waals surface area (Å²) < 4.78 is 21.6. The van der Waals surface area contributed by atoms with Crippen LogP contribution in [0.5, 0.6) is 11.5 Å². The Kier molecular flexibility index (Phi) is 7.95. The molecule has 8 heteroatoms. The maximum absolute atomic E-state index is 5.70. The zero-order valence-electron chi connectivity index (χ0n) is 19.6. The highest BCUT2D eigenvalue weighted by atomic mass is 16.7. The molecule has 1 unspecified atom stereocenters. The average Bonchev–Trinajstić information content (AvgIpc) is 3.67. The number of aryl methyl sites for hydroxylation is 2. The minimum atomic E-state index is 0.232. The predicted octanol–water partition coefficient (Wildman–Crippen LogP) is 7.28. The van der Waals surface area contributed by atoms with Crippen LogP contribution in [0, 0.1) is 13.8 Å². The third-order valence-electron chi connectivity index (χ3n) is 5.08. The van der Waals surface area contributed by atoms with Gasteiger partial charge in [0.1, 0.15) is 24.2 Å². The number of ether oxygens (including phenoxy) is 4. The molecule has 1 aliphatic heterocycles. The van der Waals surface area contributed by atoms with Crippen LogP contribution in [0.1, 0.15) is 18.1 Å². The first-order valence-electron chi connectivity index (χ1n) is 11.2. The van der Waals surface area contributed by atoms with Crippen molar-refractivity contribution in [3.63, 3.8) is 0 Å². The molecule has 0 amide bonds. The average molecular weight is 461 g/mol. The van der Waals surface area contributed by atoms with Crippen LogP contribution in [0.15, 0.2) is 81.1 Å². The van der Waals surface area contributed by atoms with E-state index in [-0.39, 0.29) is 12.9 Å². The number of epoxide rings is 1. The lowest BCUT2D eigenvalue weighted by atomic mass is 10.2. The molecule has 1 saturated heterocycles. The molecule has 176 valence electrons. The molecule has 4 rings (SSSR count). The minimum absolute atomic E-state index is 0.232. The lowest BCUT2D eigenvalue weighted by Gasteiger charge is -2.07. The molecule has 1 aliphatic rings. The Morgan fingerprint density at radius 1 is 0.765 bits per heavy atom. The molecule has 0 aliphatic carbocycles. The van der Waals surface area contributed by atoms with Crippen LogP contribution in [0.3, 0.4) is 0 Å². The van der Waals surface area contributed by atoms with Gasteiger partial charge < -0.3 is 18.9 Å². The van der Waals surface area contributed by atoms with E-state index in [1.54, 1.807) is 0 Å². The Bertz CT molecular complexity index is 1160. The van der Waals surface area contributed by atoms with E-state index >= 15 is 0 Å². The quantitative estimate of drug-likeness (QED) is 0.130. The maximum Gasteiger partial charge on any atom is 0.189 e. The van der Waals surface area contributed by atoms with E-state index in [0.717, 1.165) is 52.0 Å². The molecule has 8 nitrogen and oxygen atoms in total. The van der Waals surface area contributed by atoms with Crippen LogP contribution in [-0.4, -0.2) is 32.7 Å². The Morgan fingerprint density at radius 2 is 1.29 bits per heavy atom. The summed E-state index contributed by atoms with van der Waals surface area (Å²) in [5.41, 5.74) is 5.00. The number of hydrogen-bond donors (Lipinski definition) is 0. The van der Waals surface area contributed by atoms with Gasteiger partial charge in [-0.3, -0.25) is 0 Å². The Balaban J connectivity index is 1.34. The zero-order chi connectivity index (χ0) is 23.8. The smallest absolute Gasteiger partial charge is 0.189 e. The molecule has 0 N–H and O–H groups in total. The van der Waals surface area contributed by atoms with Gasteiger partial charge in [0.25, 0.3) is 0 Å². The lowest BCUT2D eigenvalue weighted by Crippen LogP contribution is -2.03. The van der Waals surface area contributed by atoms with Gasteiger partial charge in [0.2, 0.25) is 0 Å². The topological polar surface area (TPSA) is 89.7 Å². The van der Waals surface area contributed by atoms with Gasteiger partial charge in [0, 0.05) is 6.61 Å². The molecule has 0 spiro atoms. The second kappa shape index (κ2) is 11.5. The molecular weight excluding hydrogens is 432 g/mol. The first-order chi connectivity index (χ1) is 16.6. The summed E-state index contributed by atoms with van der Waals surface area (Å²) in [4.78, 5) is 0. The third kappa shape index (κ3) is 6.94. The molecule has 1 atom stereocenters. The van der Waals surface area contributed by atoms with Crippen molar-refractivity contribution < 1.29 is 18.9 Å². The number of benzene rings is 3. The minimum Gasteiger partial charge on any atom is -0.491 e. The van der Waals surface area contributed by atoms with Crippen LogP contribution in [0.4, 0.5) is 22.7 Å². The van der Waals surface area contributed by atoms with Crippen LogP contribution >= 0.6 is 0 Å². The molecule has 3 aromatic carbocycles. The summed E-state index contributed by atoms with van der Waals surface area (Å²) in [6.45, 7) is 8.09. The molecule has 3 aromatic rings. The highest BCUT2D eigenvalue weighted by Gasteiger charge is 2.23. The van der Waals surface area contributed by atoms with Crippen molar-refractivity contribution in [2.75, 3.05) is 26.6 Å². The molecule has 1 heterocycles. The van der Waals surface area contributed by atoms with E-state index in [1.165, 1.54) is 0 Å². The van der Waals surface area contributed by atoms with Gasteiger partial charge in [-0.25, -0.2) is 0 Å². The summed E-state index contributed by atoms with van der Waals surface area (Å²) >= 11 is 0. The molecule has 0 saturated carbocycles. The van der Waals surface area contributed by atoms with Crippen molar-refractivity contribution in [2.24, 2.45) is 20.5 Å². The van der Waals surface area contributed by atoms with Gasteiger partial charge in [-0.05, 0) is 92.6 Å². The largest absolute Gasteiger partial charge is 0.491 e. The summed E-state index contributed by atoms with van der Waals surface area (Å²) in [5.74, 6) is 1.55. The number of hydrogen-bond acceptors (Lipinski definition) is 8. The highest BCUT2D eigenvalue weighted by molar-refractivity contribution is 5.52. The molecule has 0 bridgehead atoms. The highest BCUT2D eigenvalue weighted by Crippen LogP contribution is 2.29. The van der Waals surface area contributed by atoms with Crippen molar-refractivity contribution in [1.29, 1.82) is 0 Å². The molecule has 1 fully saturated rings. The van der Waals surface area contributed by atoms with Crippen molar-refractivity contribution in [1.82, 2.24) is 0 Å². The summed E-state index contributed by atoms with van der Waals surface area (Å²) in [7, 11) is 0. The number of azo groups is 2. The van der Waals surface area contributed by atoms with Crippen LogP contribution in [0.25, 0.3) is 0 Å². The fourth-order valence-corrected chi connectivity index (χ4v) is 3.02. The predicted molar refractivity (Wildman–Crippen MR) is 130 cm³/mol. The van der Waals surface area contributed by atoms with Crippen molar-refractivity contribution in [2.45, 2.75) is 26.9 Å². The van der Waals surface area contributed by atoms with Gasteiger partial charge in [-0.2, -0.15) is 20.5 Å². The van der Waals surface area contributed by atoms with E-state index in [4.69, 9.17) is 18.9 Å². The van der Waals surface area contributed by atoms with Crippen LogP contribution in [0.2, 0.25) is 0 Å². The Labute approximate surface area is 199 Å². The molecular formula is C26H28N4O4. The number of nitrogens with zero attached hydrogens (tertiary/aromatic N) is 4. The Hall–Kier alpha value is -3.62. The lowest BCUT2D eigenvalue weighted by molar-refractivity contribution is 0.0224. The van der Waals surface area contributed by atoms with Gasteiger partial charge in [-0.15, -0.1) is 0 Å². The second-order valence-corrected chi connectivity index (χ2v) is 7.83. The first kappa shape index (κ1) is 23.5. The van der Waals surface area contributed by atoms with Crippen LogP contribution in [-0.2, 0) is 9.47 Å². The van der Waals surface area contributed by atoms with Crippen molar-refractivity contribution in [3.05, 3.63) is 71.8 Å². The zero-order valence-corrected chi connectivity index (χ0v) is 19.6. The maximum atomic E-state index is 5.70. The van der Waals surface area contributed by atoms with E-state index < -0.39 is 0 Å². The molecule has 0 aromatic heterocycles. The monoisotopic (exact) mass is 460 g/mol. The SMILES string of the molecule is CCOCOc1ccc(N=Nc2ccc(N=Nc3ccc(OCC4CO4)cc3C)cc2)c(C)c1. The van der Waals surface area contributed by atoms with E-state index in [0.29, 0.717) is 13.2 Å². The summed E-state index contributed by atoms with van der Waals surface area (Å²) in [6, 6.07) is 18.8. The third-order valence-corrected chi connectivity index (χ3v) is 5.08. The van der Waals surface area contributed by atoms with Crippen LogP contribution < -0.4 is 9.47 Å².